The maximum absolute atomic E-state index is 12.8. The number of piperazine rings is 1. The van der Waals surface area contributed by atoms with E-state index in [-0.39, 0.29) is 11.9 Å². The predicted molar refractivity (Wildman–Crippen MR) is 116 cm³/mol. The van der Waals surface area contributed by atoms with E-state index in [4.69, 9.17) is 4.98 Å². The smallest absolute Gasteiger partial charge is 0.353 e. The third-order valence-corrected chi connectivity index (χ3v) is 5.86. The van der Waals surface area contributed by atoms with Crippen LogP contribution in [-0.4, -0.2) is 48.1 Å². The van der Waals surface area contributed by atoms with Crippen LogP contribution in [0.15, 0.2) is 48.7 Å². The first-order valence-corrected chi connectivity index (χ1v) is 10.6. The molecule has 0 bridgehead atoms. The van der Waals surface area contributed by atoms with Crippen LogP contribution in [0.3, 0.4) is 0 Å². The second kappa shape index (κ2) is 7.96. The summed E-state index contributed by atoms with van der Waals surface area (Å²) in [4.78, 5) is 25.6. The number of carbonyl (C=O) groups excluding carboxylic acids is 1. The van der Waals surface area contributed by atoms with E-state index in [9.17, 15) is 18.0 Å². The number of anilines is 2. The topological polar surface area (TPSA) is 61.4 Å². The molecule has 1 aliphatic carbocycles. The monoisotopic (exact) mass is 441 g/mol. The van der Waals surface area contributed by atoms with Crippen molar-refractivity contribution in [1.82, 2.24) is 15.3 Å². The number of pyridine rings is 2. The number of benzene rings is 1. The molecule has 6 nitrogen and oxygen atoms in total. The summed E-state index contributed by atoms with van der Waals surface area (Å²) in [6.45, 7) is 2.43. The number of hydrogen-bond donors (Lipinski definition) is 1. The third kappa shape index (κ3) is 4.19. The van der Waals surface area contributed by atoms with Crippen molar-refractivity contribution < 1.29 is 18.0 Å². The number of hydrogen-bond acceptors (Lipinski definition) is 5. The van der Waals surface area contributed by atoms with Crippen molar-refractivity contribution in [1.29, 1.82) is 0 Å². The van der Waals surface area contributed by atoms with E-state index >= 15 is 0 Å². The van der Waals surface area contributed by atoms with Crippen LogP contribution in [0.1, 0.15) is 28.8 Å². The lowest BCUT2D eigenvalue weighted by Crippen LogP contribution is -2.47. The number of fused-ring (bicyclic) bond motifs is 1. The molecule has 3 heterocycles. The number of nitrogens with zero attached hydrogens (tertiary/aromatic N) is 4. The lowest BCUT2D eigenvalue weighted by atomic mass is 10.1. The Kier molecular flexibility index (Phi) is 5.11. The third-order valence-electron chi connectivity index (χ3n) is 5.86. The fraction of sp³-hybridized carbons (Fsp3) is 0.348. The lowest BCUT2D eigenvalue weighted by Gasteiger charge is -2.36. The lowest BCUT2D eigenvalue weighted by molar-refractivity contribution is -0.137. The van der Waals surface area contributed by atoms with Crippen LogP contribution in [0, 0.1) is 0 Å². The second-order valence-corrected chi connectivity index (χ2v) is 8.17. The quantitative estimate of drug-likeness (QED) is 0.666. The minimum absolute atomic E-state index is 0.0834. The number of carbonyl (C=O) groups is 1. The van der Waals surface area contributed by atoms with E-state index in [1.54, 1.807) is 0 Å². The SMILES string of the molecule is O=C(NC1CC1)c1cc(N2CCN(c3ccc(C(F)(F)F)cn3)CC2)nc2ccccc12. The molecule has 1 amide bonds. The van der Waals surface area contributed by atoms with Crippen molar-refractivity contribution in [3.63, 3.8) is 0 Å². The van der Waals surface area contributed by atoms with Gasteiger partial charge in [-0.25, -0.2) is 9.97 Å². The Bertz CT molecular complexity index is 1140. The molecule has 166 valence electrons. The minimum Gasteiger partial charge on any atom is -0.353 e. The van der Waals surface area contributed by atoms with Crippen LogP contribution in [0.2, 0.25) is 0 Å². The van der Waals surface area contributed by atoms with Gasteiger partial charge in [0.25, 0.3) is 5.91 Å². The van der Waals surface area contributed by atoms with E-state index in [2.05, 4.69) is 15.2 Å². The van der Waals surface area contributed by atoms with E-state index < -0.39 is 11.7 Å². The van der Waals surface area contributed by atoms with E-state index in [1.165, 1.54) is 6.07 Å². The van der Waals surface area contributed by atoms with Gasteiger partial charge >= 0.3 is 6.18 Å². The number of halogens is 3. The molecule has 9 heteroatoms. The summed E-state index contributed by atoms with van der Waals surface area (Å²) in [6, 6.07) is 12.2. The van der Waals surface area contributed by atoms with Gasteiger partial charge in [0.05, 0.1) is 16.6 Å². The highest BCUT2D eigenvalue weighted by molar-refractivity contribution is 6.07. The van der Waals surface area contributed by atoms with Crippen molar-refractivity contribution in [2.24, 2.45) is 0 Å². The van der Waals surface area contributed by atoms with Crippen LogP contribution < -0.4 is 15.1 Å². The van der Waals surface area contributed by atoms with Gasteiger partial charge in [-0.1, -0.05) is 18.2 Å². The average Bonchev–Trinajstić information content (AvgIpc) is 3.62. The molecule has 1 saturated heterocycles. The molecule has 0 radical (unpaired) electrons. The maximum Gasteiger partial charge on any atom is 0.417 e. The van der Waals surface area contributed by atoms with Crippen molar-refractivity contribution in [2.45, 2.75) is 25.1 Å². The largest absolute Gasteiger partial charge is 0.417 e. The zero-order chi connectivity index (χ0) is 22.3. The van der Waals surface area contributed by atoms with Gasteiger partial charge in [-0.2, -0.15) is 13.2 Å². The molecule has 3 aromatic rings. The number of alkyl halides is 3. The highest BCUT2D eigenvalue weighted by Crippen LogP contribution is 2.30. The van der Waals surface area contributed by atoms with Crippen LogP contribution in [0.25, 0.3) is 10.9 Å². The number of amides is 1. The standard InChI is InChI=1S/C23H22F3N5O/c24-23(25,26)15-5-8-20(27-14-15)30-9-11-31(12-10-30)21-13-18(22(32)28-16-6-7-16)17-3-1-2-4-19(17)29-21/h1-5,8,13-14,16H,6-7,9-12H2,(H,28,32). The molecule has 2 fully saturated rings. The number of aromatic nitrogens is 2. The minimum atomic E-state index is -4.39. The Hall–Kier alpha value is -3.36. The molecule has 0 atom stereocenters. The van der Waals surface area contributed by atoms with E-state index in [1.807, 2.05) is 35.2 Å². The first kappa shape index (κ1) is 20.5. The van der Waals surface area contributed by atoms with Gasteiger partial charge in [-0.3, -0.25) is 4.79 Å². The first-order valence-electron chi connectivity index (χ1n) is 10.6. The predicted octanol–water partition coefficient (Wildman–Crippen LogP) is 3.87. The van der Waals surface area contributed by atoms with E-state index in [0.29, 0.717) is 37.6 Å². The van der Waals surface area contributed by atoms with Gasteiger partial charge in [-0.05, 0) is 37.1 Å². The first-order chi connectivity index (χ1) is 15.4. The Balaban J connectivity index is 1.34. The maximum atomic E-state index is 12.8. The molecule has 1 aliphatic heterocycles. The second-order valence-electron chi connectivity index (χ2n) is 8.17. The summed E-state index contributed by atoms with van der Waals surface area (Å²) >= 11 is 0. The number of para-hydroxylation sites is 1. The van der Waals surface area contributed by atoms with Crippen LogP contribution in [0.5, 0.6) is 0 Å². The Morgan fingerprint density at radius 2 is 1.66 bits per heavy atom. The van der Waals surface area contributed by atoms with Gasteiger partial charge < -0.3 is 15.1 Å². The van der Waals surface area contributed by atoms with Crippen LogP contribution in [0.4, 0.5) is 24.8 Å². The van der Waals surface area contributed by atoms with E-state index in [0.717, 1.165) is 41.8 Å². The molecule has 1 N–H and O–H groups in total. The van der Waals surface area contributed by atoms with Crippen molar-refractivity contribution >= 4 is 28.4 Å². The highest BCUT2D eigenvalue weighted by Gasteiger charge is 2.31. The van der Waals surface area contributed by atoms with Gasteiger partial charge in [0.1, 0.15) is 11.6 Å². The fourth-order valence-electron chi connectivity index (χ4n) is 3.91. The molecule has 0 spiro atoms. The van der Waals surface area contributed by atoms with Gasteiger partial charge in [0.2, 0.25) is 0 Å². The van der Waals surface area contributed by atoms with Crippen LogP contribution >= 0.6 is 0 Å². The van der Waals surface area contributed by atoms with Crippen LogP contribution in [-0.2, 0) is 6.18 Å². The molecular weight excluding hydrogens is 419 g/mol. The number of nitrogens with one attached hydrogen (secondary N) is 1. The van der Waals surface area contributed by atoms with Gasteiger partial charge in [0.15, 0.2) is 0 Å². The van der Waals surface area contributed by atoms with Crippen molar-refractivity contribution in [2.75, 3.05) is 36.0 Å². The molecule has 2 aliphatic rings. The van der Waals surface area contributed by atoms with Crippen molar-refractivity contribution in [3.05, 3.63) is 59.8 Å². The fourth-order valence-corrected chi connectivity index (χ4v) is 3.91. The zero-order valence-corrected chi connectivity index (χ0v) is 17.3. The Morgan fingerprint density at radius 3 is 2.28 bits per heavy atom. The number of rotatable bonds is 4. The normalized spacial score (nSPS) is 17.0. The molecule has 2 aromatic heterocycles. The summed E-state index contributed by atoms with van der Waals surface area (Å²) < 4.78 is 38.3. The van der Waals surface area contributed by atoms with Gasteiger partial charge in [-0.15, -0.1) is 0 Å². The molecule has 5 rings (SSSR count). The summed E-state index contributed by atoms with van der Waals surface area (Å²) in [7, 11) is 0. The molecule has 1 saturated carbocycles. The molecule has 32 heavy (non-hydrogen) atoms. The summed E-state index contributed by atoms with van der Waals surface area (Å²) in [5, 5.41) is 3.88. The summed E-state index contributed by atoms with van der Waals surface area (Å²) in [6.07, 6.45) is -1.49. The molecule has 1 aromatic carbocycles. The molecule has 0 unspecified atom stereocenters. The van der Waals surface area contributed by atoms with Crippen molar-refractivity contribution in [3.8, 4) is 0 Å². The zero-order valence-electron chi connectivity index (χ0n) is 17.3. The highest BCUT2D eigenvalue weighted by atomic mass is 19.4. The molecular formula is C23H22F3N5O. The Morgan fingerprint density at radius 1 is 0.969 bits per heavy atom. The average molecular weight is 441 g/mol. The Labute approximate surface area is 183 Å². The summed E-state index contributed by atoms with van der Waals surface area (Å²) in [5.74, 6) is 1.17. The van der Waals surface area contributed by atoms with Gasteiger partial charge in [0, 0.05) is 43.8 Å². The summed E-state index contributed by atoms with van der Waals surface area (Å²) in [5.41, 5.74) is 0.624.